The highest BCUT2D eigenvalue weighted by Crippen LogP contribution is 2.22. The third-order valence-corrected chi connectivity index (χ3v) is 9.29. The van der Waals surface area contributed by atoms with Crippen molar-refractivity contribution in [2.75, 3.05) is 13.2 Å². The Morgan fingerprint density at radius 2 is 1.15 bits per heavy atom. The lowest BCUT2D eigenvalue weighted by Gasteiger charge is -2.40. The number of unbranched alkanes of at least 4 members (excludes halogenated alkanes) is 14. The van der Waals surface area contributed by atoms with Crippen LogP contribution in [0.25, 0.3) is 0 Å². The van der Waals surface area contributed by atoms with Crippen molar-refractivity contribution in [1.82, 2.24) is 5.32 Å². The Morgan fingerprint density at radius 1 is 0.654 bits per heavy atom. The summed E-state index contributed by atoms with van der Waals surface area (Å²) in [6.45, 7) is 3.66. The van der Waals surface area contributed by atoms with Crippen molar-refractivity contribution in [1.29, 1.82) is 0 Å². The van der Waals surface area contributed by atoms with Crippen molar-refractivity contribution in [3.63, 3.8) is 0 Å². The minimum atomic E-state index is -1.58. The Hall–Kier alpha value is -2.11. The van der Waals surface area contributed by atoms with Gasteiger partial charge in [-0.15, -0.1) is 0 Å². The fourth-order valence-electron chi connectivity index (χ4n) is 5.92. The molecule has 9 heteroatoms. The van der Waals surface area contributed by atoms with Gasteiger partial charge in [0.05, 0.1) is 25.4 Å². The highest BCUT2D eigenvalue weighted by Gasteiger charge is 2.44. The minimum Gasteiger partial charge on any atom is -0.394 e. The molecule has 1 saturated heterocycles. The zero-order valence-corrected chi connectivity index (χ0v) is 32.5. The van der Waals surface area contributed by atoms with E-state index in [0.29, 0.717) is 6.42 Å². The van der Waals surface area contributed by atoms with Crippen LogP contribution in [0.15, 0.2) is 60.8 Å². The average molecular weight is 734 g/mol. The number of hydrogen-bond donors (Lipinski definition) is 6. The Balaban J connectivity index is 2.47. The van der Waals surface area contributed by atoms with Crippen molar-refractivity contribution in [3.8, 4) is 0 Å². The number of hydrogen-bond acceptors (Lipinski definition) is 8. The van der Waals surface area contributed by atoms with Crippen LogP contribution in [0.5, 0.6) is 0 Å². The Bertz CT molecular complexity index is 994. The minimum absolute atomic E-state index is 0.210. The number of ether oxygens (including phenoxy) is 2. The molecule has 0 spiro atoms. The molecule has 0 aromatic carbocycles. The van der Waals surface area contributed by atoms with Gasteiger partial charge in [-0.1, -0.05) is 126 Å². The fourth-order valence-corrected chi connectivity index (χ4v) is 5.92. The first-order valence-electron chi connectivity index (χ1n) is 20.5. The van der Waals surface area contributed by atoms with Crippen LogP contribution in [0.2, 0.25) is 0 Å². The smallest absolute Gasteiger partial charge is 0.220 e. The molecule has 0 aliphatic carbocycles. The number of allylic oxidation sites excluding steroid dienone is 9. The molecular weight excluding hydrogens is 658 g/mol. The zero-order chi connectivity index (χ0) is 38.1. The van der Waals surface area contributed by atoms with Crippen LogP contribution in [0.3, 0.4) is 0 Å². The third-order valence-electron chi connectivity index (χ3n) is 9.29. The second-order valence-electron chi connectivity index (χ2n) is 14.1. The van der Waals surface area contributed by atoms with E-state index in [-0.39, 0.29) is 12.5 Å². The second kappa shape index (κ2) is 33.5. The fraction of sp³-hybridized carbons (Fsp3) is 0.744. The summed E-state index contributed by atoms with van der Waals surface area (Å²) in [5, 5.41) is 53.9. The molecule has 1 rings (SSSR count). The molecule has 0 radical (unpaired) electrons. The molecule has 0 aromatic heterocycles. The Kier molecular flexibility index (Phi) is 30.8. The molecule has 0 aromatic rings. The molecule has 52 heavy (non-hydrogen) atoms. The SMILES string of the molecule is CCCCC/C=C/CC/C=C/CC/C=C/C(O)C(COC1OC(CO)C(O)C(O)C1O)NC(=O)CCCCCCC/C=C\C/C=C\CCCCCC. The monoisotopic (exact) mass is 734 g/mol. The van der Waals surface area contributed by atoms with Crippen LogP contribution in [-0.4, -0.2) is 87.5 Å². The molecule has 7 atom stereocenters. The molecule has 1 aliphatic rings. The van der Waals surface area contributed by atoms with Crippen molar-refractivity contribution >= 4 is 5.91 Å². The first kappa shape index (κ1) is 47.9. The van der Waals surface area contributed by atoms with Crippen LogP contribution < -0.4 is 5.32 Å². The normalized spacial score (nSPS) is 22.5. The van der Waals surface area contributed by atoms with E-state index in [1.165, 1.54) is 51.4 Å². The quantitative estimate of drug-likeness (QED) is 0.0305. The number of nitrogens with one attached hydrogen (secondary N) is 1. The van der Waals surface area contributed by atoms with Gasteiger partial charge in [-0.25, -0.2) is 0 Å². The highest BCUT2D eigenvalue weighted by molar-refractivity contribution is 5.76. The van der Waals surface area contributed by atoms with Gasteiger partial charge in [-0.05, 0) is 77.0 Å². The summed E-state index contributed by atoms with van der Waals surface area (Å²) in [5.74, 6) is -0.210. The van der Waals surface area contributed by atoms with Crippen LogP contribution in [0, 0.1) is 0 Å². The lowest BCUT2D eigenvalue weighted by molar-refractivity contribution is -0.302. The van der Waals surface area contributed by atoms with E-state index in [1.807, 2.05) is 6.08 Å². The van der Waals surface area contributed by atoms with Gasteiger partial charge in [-0.2, -0.15) is 0 Å². The van der Waals surface area contributed by atoms with E-state index in [4.69, 9.17) is 9.47 Å². The molecule has 1 fully saturated rings. The zero-order valence-electron chi connectivity index (χ0n) is 32.5. The Labute approximate surface area is 316 Å². The molecule has 300 valence electrons. The average Bonchev–Trinajstić information content (AvgIpc) is 3.14. The lowest BCUT2D eigenvalue weighted by Crippen LogP contribution is -2.60. The summed E-state index contributed by atoms with van der Waals surface area (Å²) in [5.41, 5.74) is 0. The number of carbonyl (C=O) groups excluding carboxylic acids is 1. The van der Waals surface area contributed by atoms with Crippen molar-refractivity contribution in [2.45, 2.75) is 192 Å². The molecule has 0 bridgehead atoms. The van der Waals surface area contributed by atoms with Gasteiger partial charge in [-0.3, -0.25) is 4.79 Å². The van der Waals surface area contributed by atoms with E-state index in [0.717, 1.165) is 77.0 Å². The third kappa shape index (κ3) is 24.3. The molecular formula is C43H75NO8. The molecule has 0 saturated carbocycles. The maximum Gasteiger partial charge on any atom is 0.220 e. The van der Waals surface area contributed by atoms with Crippen LogP contribution in [-0.2, 0) is 14.3 Å². The maximum atomic E-state index is 12.9. The molecule has 6 N–H and O–H groups in total. The summed E-state index contributed by atoms with van der Waals surface area (Å²) in [4.78, 5) is 12.9. The highest BCUT2D eigenvalue weighted by atomic mass is 16.7. The van der Waals surface area contributed by atoms with Gasteiger partial charge in [0.1, 0.15) is 24.4 Å². The van der Waals surface area contributed by atoms with E-state index in [9.17, 15) is 30.3 Å². The molecule has 9 nitrogen and oxygen atoms in total. The van der Waals surface area contributed by atoms with Gasteiger partial charge in [0.2, 0.25) is 5.91 Å². The number of carbonyl (C=O) groups is 1. The topological polar surface area (TPSA) is 149 Å². The van der Waals surface area contributed by atoms with E-state index < -0.39 is 49.5 Å². The van der Waals surface area contributed by atoms with Gasteiger partial charge in [0, 0.05) is 6.42 Å². The first-order chi connectivity index (χ1) is 25.3. The number of amides is 1. The standard InChI is InChI=1S/C43H75NO8/c1-3-5-7-9-11-13-15-17-18-19-21-23-25-27-29-31-33-39(47)44-36(35-51-43-42(50)41(49)40(48)38(34-45)52-43)37(46)32-30-28-26-24-22-20-16-14-12-10-8-6-4-2/h12-15,18-19,22,24,30,32,36-38,40-43,45-46,48-50H,3-11,16-17,20-21,23,25-29,31,33-35H2,1-2H3,(H,44,47)/b14-12+,15-13-,19-18-,24-22+,32-30+. The van der Waals surface area contributed by atoms with Gasteiger partial charge in [0.15, 0.2) is 6.29 Å². The summed E-state index contributed by atoms with van der Waals surface area (Å²) in [7, 11) is 0. The van der Waals surface area contributed by atoms with Crippen LogP contribution >= 0.6 is 0 Å². The molecule has 1 amide bonds. The largest absolute Gasteiger partial charge is 0.394 e. The second-order valence-corrected chi connectivity index (χ2v) is 14.1. The van der Waals surface area contributed by atoms with E-state index in [1.54, 1.807) is 6.08 Å². The van der Waals surface area contributed by atoms with Gasteiger partial charge in [0.25, 0.3) is 0 Å². The number of aliphatic hydroxyl groups is 5. The predicted octanol–water partition coefficient (Wildman–Crippen LogP) is 7.66. The molecule has 7 unspecified atom stereocenters. The summed E-state index contributed by atoms with van der Waals surface area (Å²) < 4.78 is 11.1. The predicted molar refractivity (Wildman–Crippen MR) is 212 cm³/mol. The molecule has 1 heterocycles. The summed E-state index contributed by atoms with van der Waals surface area (Å²) in [6, 6.07) is -0.835. The first-order valence-corrected chi connectivity index (χ1v) is 20.5. The maximum absolute atomic E-state index is 12.9. The Morgan fingerprint density at radius 3 is 1.77 bits per heavy atom. The van der Waals surface area contributed by atoms with Crippen LogP contribution in [0.1, 0.15) is 149 Å². The van der Waals surface area contributed by atoms with E-state index in [2.05, 4.69) is 67.8 Å². The summed E-state index contributed by atoms with van der Waals surface area (Å²) >= 11 is 0. The van der Waals surface area contributed by atoms with Crippen LogP contribution in [0.4, 0.5) is 0 Å². The van der Waals surface area contributed by atoms with Gasteiger partial charge >= 0.3 is 0 Å². The lowest BCUT2D eigenvalue weighted by atomic mass is 9.99. The van der Waals surface area contributed by atoms with Crippen molar-refractivity contribution < 1.29 is 39.8 Å². The molecule has 1 aliphatic heterocycles. The summed E-state index contributed by atoms with van der Waals surface area (Å²) in [6.07, 6.45) is 35.4. The van der Waals surface area contributed by atoms with Crippen molar-refractivity contribution in [3.05, 3.63) is 60.8 Å². The number of aliphatic hydroxyl groups excluding tert-OH is 5. The van der Waals surface area contributed by atoms with E-state index >= 15 is 0 Å². The van der Waals surface area contributed by atoms with Gasteiger partial charge < -0.3 is 40.3 Å². The van der Waals surface area contributed by atoms with Crippen molar-refractivity contribution in [2.24, 2.45) is 0 Å². The number of rotatable bonds is 32.